The number of hydrogen-bond acceptors (Lipinski definition) is 13. The Hall–Kier alpha value is -6.30. The maximum absolute atomic E-state index is 13.3. The highest BCUT2D eigenvalue weighted by Gasteiger charge is 2.37. The van der Waals surface area contributed by atoms with Gasteiger partial charge in [0.25, 0.3) is 11.8 Å². The van der Waals surface area contributed by atoms with Gasteiger partial charge in [0.05, 0.1) is 12.2 Å². The Balaban J connectivity index is 0.784. The lowest BCUT2D eigenvalue weighted by atomic mass is 9.92. The molecule has 2 atom stereocenters. The number of imide groups is 2. The van der Waals surface area contributed by atoms with Crippen LogP contribution in [-0.4, -0.2) is 157 Å². The van der Waals surface area contributed by atoms with E-state index in [1.807, 2.05) is 43.1 Å². The van der Waals surface area contributed by atoms with E-state index in [0.29, 0.717) is 36.1 Å². The van der Waals surface area contributed by atoms with Gasteiger partial charge in [0.15, 0.2) is 11.5 Å². The summed E-state index contributed by atoms with van der Waals surface area (Å²) in [6.45, 7) is 11.5. The van der Waals surface area contributed by atoms with Crippen LogP contribution >= 0.6 is 0 Å². The van der Waals surface area contributed by atoms with E-state index in [1.165, 1.54) is 0 Å². The fourth-order valence-corrected chi connectivity index (χ4v) is 9.62. The number of rotatable bonds is 13. The summed E-state index contributed by atoms with van der Waals surface area (Å²) in [6, 6.07) is 12.9. The molecule has 1 aromatic heterocycles. The van der Waals surface area contributed by atoms with Crippen molar-refractivity contribution in [1.29, 1.82) is 0 Å². The van der Waals surface area contributed by atoms with Crippen LogP contribution < -0.4 is 31.1 Å². The number of primary amides is 1. The van der Waals surface area contributed by atoms with E-state index < -0.39 is 29.7 Å². The van der Waals surface area contributed by atoms with Crippen LogP contribution in [-0.2, 0) is 14.4 Å². The molecule has 3 aromatic rings. The standard InChI is InChI=1S/C45H58N12O6/c1-30-26-34(9-10-36(30)44(62)57(29-58)37-11-12-39(59)50-43(37)61)53-18-14-31(15-19-53)13-17-52-21-23-54(24-22-52)33-7-5-32(6-8-33)48-42-40(41(46)60)47-27-38(49-42)55-16-3-4-35(28-55)56-25-20-51(2)45(56)63/h5-10,26-27,29,31,35,37H,3-4,11-25,28H2,1-2H3,(H2,46,60)(H,48,49)(H,50,59,61)/t35-,37?/m1/s1. The fourth-order valence-electron chi connectivity index (χ4n) is 9.62. The van der Waals surface area contributed by atoms with E-state index in [2.05, 4.69) is 47.3 Å². The van der Waals surface area contributed by atoms with Gasteiger partial charge >= 0.3 is 6.03 Å². The van der Waals surface area contributed by atoms with Crippen molar-refractivity contribution in [1.82, 2.24) is 34.9 Å². The van der Waals surface area contributed by atoms with Gasteiger partial charge in [-0.2, -0.15) is 0 Å². The van der Waals surface area contributed by atoms with Gasteiger partial charge in [0.1, 0.15) is 11.9 Å². The van der Waals surface area contributed by atoms with Crippen molar-refractivity contribution >= 4 is 64.8 Å². The summed E-state index contributed by atoms with van der Waals surface area (Å²) < 4.78 is 0. The van der Waals surface area contributed by atoms with Crippen LogP contribution in [0.4, 0.5) is 33.5 Å². The van der Waals surface area contributed by atoms with Crippen LogP contribution in [0.3, 0.4) is 0 Å². The average Bonchev–Trinajstić information content (AvgIpc) is 3.63. The first-order valence-corrected chi connectivity index (χ1v) is 22.2. The third kappa shape index (κ3) is 9.70. The number of aryl methyl sites for hydroxylation is 1. The smallest absolute Gasteiger partial charge is 0.320 e. The summed E-state index contributed by atoms with van der Waals surface area (Å²) in [5.74, 6) is -0.653. The normalized spacial score (nSPS) is 21.4. The number of likely N-dealkylation sites (N-methyl/N-ethyl adjacent to an activating group) is 1. The molecule has 5 fully saturated rings. The lowest BCUT2D eigenvalue weighted by molar-refractivity contribution is -0.139. The van der Waals surface area contributed by atoms with Gasteiger partial charge < -0.3 is 35.6 Å². The molecule has 5 aliphatic rings. The van der Waals surface area contributed by atoms with Crippen molar-refractivity contribution in [2.45, 2.75) is 64.0 Å². The number of piperazine rings is 1. The number of amides is 7. The molecule has 63 heavy (non-hydrogen) atoms. The maximum Gasteiger partial charge on any atom is 0.320 e. The largest absolute Gasteiger partial charge is 0.372 e. The molecule has 1 unspecified atom stereocenters. The van der Waals surface area contributed by atoms with Gasteiger partial charge in [-0.25, -0.2) is 14.8 Å². The molecule has 2 aromatic carbocycles. The molecule has 0 radical (unpaired) electrons. The average molecular weight is 863 g/mol. The number of carbonyl (C=O) groups is 6. The van der Waals surface area contributed by atoms with Gasteiger partial charge in [0, 0.05) is 102 Å². The molecule has 4 N–H and O–H groups in total. The monoisotopic (exact) mass is 862 g/mol. The highest BCUT2D eigenvalue weighted by Crippen LogP contribution is 2.30. The van der Waals surface area contributed by atoms with Crippen molar-refractivity contribution in [3.8, 4) is 0 Å². The van der Waals surface area contributed by atoms with Gasteiger partial charge in [-0.3, -0.25) is 39.1 Å². The van der Waals surface area contributed by atoms with Crippen molar-refractivity contribution in [2.24, 2.45) is 11.7 Å². The lowest BCUT2D eigenvalue weighted by Gasteiger charge is -2.38. The van der Waals surface area contributed by atoms with Gasteiger partial charge in [0.2, 0.25) is 18.2 Å². The van der Waals surface area contributed by atoms with E-state index in [4.69, 9.17) is 10.7 Å². The van der Waals surface area contributed by atoms with E-state index in [0.717, 1.165) is 125 Å². The number of benzene rings is 2. The molecule has 0 saturated carbocycles. The van der Waals surface area contributed by atoms with Crippen LogP contribution in [0, 0.1) is 12.8 Å². The second-order valence-electron chi connectivity index (χ2n) is 17.4. The zero-order chi connectivity index (χ0) is 44.2. The van der Waals surface area contributed by atoms with Crippen molar-refractivity contribution in [2.75, 3.05) is 99.1 Å². The molecule has 8 rings (SSSR count). The number of piperidine rings is 3. The minimum atomic E-state index is -0.998. The van der Waals surface area contributed by atoms with Crippen LogP contribution in [0.2, 0.25) is 0 Å². The maximum atomic E-state index is 13.3. The molecule has 5 saturated heterocycles. The fraction of sp³-hybridized carbons (Fsp3) is 0.511. The van der Waals surface area contributed by atoms with Gasteiger partial charge in [-0.05, 0) is 106 Å². The zero-order valence-electron chi connectivity index (χ0n) is 36.2. The lowest BCUT2D eigenvalue weighted by Crippen LogP contribution is -2.53. The molecule has 7 amide bonds. The molecule has 18 nitrogen and oxygen atoms in total. The van der Waals surface area contributed by atoms with Crippen molar-refractivity contribution < 1.29 is 28.8 Å². The Kier molecular flexibility index (Phi) is 13.1. The van der Waals surface area contributed by atoms with Gasteiger partial charge in [-0.15, -0.1) is 0 Å². The number of nitrogens with zero attached hydrogens (tertiary/aromatic N) is 9. The SMILES string of the molecule is Cc1cc(N2CCC(CCN3CCN(c4ccc(Nc5nc(N6CCC[C@@H](N7CCN(C)C7=O)C6)cnc5C(N)=O)cc4)CC3)CC2)ccc1C(=O)N(C=O)C1CCC(=O)NC1=O. The number of anilines is 5. The summed E-state index contributed by atoms with van der Waals surface area (Å²) in [5, 5.41) is 5.51. The molecule has 18 heteroatoms. The molecular formula is C45H58N12O6. The van der Waals surface area contributed by atoms with E-state index >= 15 is 0 Å². The summed E-state index contributed by atoms with van der Waals surface area (Å²) in [6.07, 6.45) is 7.35. The van der Waals surface area contributed by atoms with E-state index in [9.17, 15) is 28.8 Å². The summed E-state index contributed by atoms with van der Waals surface area (Å²) in [7, 11) is 1.83. The summed E-state index contributed by atoms with van der Waals surface area (Å²) >= 11 is 0. The third-order valence-corrected chi connectivity index (χ3v) is 13.4. The minimum absolute atomic E-state index is 0.0618. The van der Waals surface area contributed by atoms with E-state index in [-0.39, 0.29) is 30.6 Å². The number of nitrogens with two attached hydrogens (primary N) is 1. The zero-order valence-corrected chi connectivity index (χ0v) is 36.2. The van der Waals surface area contributed by atoms with Crippen LogP contribution in [0.25, 0.3) is 0 Å². The highest BCUT2D eigenvalue weighted by molar-refractivity contribution is 6.07. The Labute approximate surface area is 367 Å². The number of hydrogen-bond donors (Lipinski definition) is 3. The molecule has 334 valence electrons. The van der Waals surface area contributed by atoms with Gasteiger partial charge in [-0.1, -0.05) is 0 Å². The van der Waals surface area contributed by atoms with E-state index in [1.54, 1.807) is 17.2 Å². The predicted molar refractivity (Wildman–Crippen MR) is 238 cm³/mol. The molecule has 0 bridgehead atoms. The molecule has 5 aliphatic heterocycles. The van der Waals surface area contributed by atoms with Crippen LogP contribution in [0.1, 0.15) is 71.4 Å². The van der Waals surface area contributed by atoms with Crippen LogP contribution in [0.5, 0.6) is 0 Å². The number of nitrogens with one attached hydrogen (secondary N) is 2. The second-order valence-corrected chi connectivity index (χ2v) is 17.4. The van der Waals surface area contributed by atoms with Crippen molar-refractivity contribution in [3.05, 3.63) is 65.5 Å². The molecule has 6 heterocycles. The first kappa shape index (κ1) is 43.4. The first-order chi connectivity index (χ1) is 30.4. The second kappa shape index (κ2) is 19.0. The van der Waals surface area contributed by atoms with Crippen molar-refractivity contribution in [3.63, 3.8) is 0 Å². The number of urea groups is 1. The Morgan fingerprint density at radius 1 is 0.889 bits per heavy atom. The summed E-state index contributed by atoms with van der Waals surface area (Å²) in [4.78, 5) is 97.4. The quantitative estimate of drug-likeness (QED) is 0.168. The Morgan fingerprint density at radius 2 is 1.62 bits per heavy atom. The predicted octanol–water partition coefficient (Wildman–Crippen LogP) is 2.80. The third-order valence-electron chi connectivity index (χ3n) is 13.4. The van der Waals surface area contributed by atoms with Crippen LogP contribution in [0.15, 0.2) is 48.7 Å². The number of aromatic nitrogens is 2. The Morgan fingerprint density at radius 3 is 2.29 bits per heavy atom. The molecule has 0 spiro atoms. The number of carbonyl (C=O) groups excluding carboxylic acids is 6. The molecule has 0 aliphatic carbocycles. The Bertz CT molecular complexity index is 2210. The molecular weight excluding hydrogens is 805 g/mol. The topological polar surface area (TPSA) is 201 Å². The first-order valence-electron chi connectivity index (χ1n) is 22.2. The minimum Gasteiger partial charge on any atom is -0.372 e. The summed E-state index contributed by atoms with van der Waals surface area (Å²) in [5.41, 5.74) is 9.82. The highest BCUT2D eigenvalue weighted by atomic mass is 16.2.